The van der Waals surface area contributed by atoms with Crippen LogP contribution in [0, 0.1) is 17.8 Å². The first-order chi connectivity index (χ1) is 20.7. The summed E-state index contributed by atoms with van der Waals surface area (Å²) in [5.74, 6) is -0.147. The number of fused-ring (bicyclic) bond motifs is 1. The number of carbonyl (C=O) groups excluding carboxylic acids is 3. The van der Waals surface area contributed by atoms with Gasteiger partial charge in [-0.3, -0.25) is 14.4 Å². The van der Waals surface area contributed by atoms with Gasteiger partial charge in [0.05, 0.1) is 17.1 Å². The molecule has 1 aromatic carbocycles. The number of benzene rings is 1. The van der Waals surface area contributed by atoms with Crippen LogP contribution in [0.15, 0.2) is 23.0 Å². The molecule has 1 saturated heterocycles. The maximum Gasteiger partial charge on any atom is 0.422 e. The van der Waals surface area contributed by atoms with Crippen molar-refractivity contribution in [3.63, 3.8) is 0 Å². The van der Waals surface area contributed by atoms with Gasteiger partial charge in [0.15, 0.2) is 12.4 Å². The molecule has 1 saturated carbocycles. The first-order valence-electron chi connectivity index (χ1n) is 15.2. The monoisotopic (exact) mass is 622 g/mol. The number of rotatable bonds is 13. The fraction of sp³-hybridized carbons (Fsp3) is 0.645. The van der Waals surface area contributed by atoms with Crippen LogP contribution in [0.4, 0.5) is 18.0 Å². The second-order valence-corrected chi connectivity index (χ2v) is 12.5. The first-order valence-corrected chi connectivity index (χ1v) is 15.2. The summed E-state index contributed by atoms with van der Waals surface area (Å²) in [5.41, 5.74) is 0.139. The molecule has 2 unspecified atom stereocenters. The number of carbonyl (C=O) groups is 3. The van der Waals surface area contributed by atoms with Crippen LogP contribution in [0.5, 0.6) is 5.75 Å². The maximum atomic E-state index is 12.8. The Kier molecular flexibility index (Phi) is 10.2. The molecule has 2 heterocycles. The number of unbranched alkanes of at least 4 members (excludes halogenated alkanes) is 2. The highest BCUT2D eigenvalue weighted by Crippen LogP contribution is 2.49. The molecule has 2 N–H and O–H groups in total. The average molecular weight is 623 g/mol. The predicted octanol–water partition coefficient (Wildman–Crippen LogP) is 4.93. The highest BCUT2D eigenvalue weighted by Gasteiger charge is 2.53. The lowest BCUT2D eigenvalue weighted by Gasteiger charge is -2.27. The number of ether oxygens (including phenoxy) is 2. The van der Waals surface area contributed by atoms with Gasteiger partial charge in [0, 0.05) is 24.4 Å². The van der Waals surface area contributed by atoms with Crippen LogP contribution in [0.2, 0.25) is 0 Å². The molecule has 44 heavy (non-hydrogen) atoms. The van der Waals surface area contributed by atoms with Crippen molar-refractivity contribution < 1.29 is 37.0 Å². The number of likely N-dealkylation sites (tertiary alicyclic amines) is 1. The summed E-state index contributed by atoms with van der Waals surface area (Å²) in [4.78, 5) is 58.9. The SMILES string of the molecule is CC(C)C(=O)[C@@H]1C(C)CCN1C(=O)CNC(=O)OC1(C)C[C@H]1CCCCCc1nc2ccc(OCC(F)(F)F)cc2[nH]c1=O. The molecule has 0 radical (unpaired) electrons. The smallest absolute Gasteiger partial charge is 0.422 e. The number of hydrogen-bond donors (Lipinski definition) is 2. The zero-order valence-corrected chi connectivity index (χ0v) is 25.6. The minimum Gasteiger partial charge on any atom is -0.484 e. The summed E-state index contributed by atoms with van der Waals surface area (Å²) >= 11 is 0. The molecule has 1 aliphatic carbocycles. The summed E-state index contributed by atoms with van der Waals surface area (Å²) < 4.78 is 47.5. The number of Topliss-reactive ketones (excluding diaryl/α,β-unsaturated/α-hetero) is 1. The van der Waals surface area contributed by atoms with E-state index >= 15 is 0 Å². The van der Waals surface area contributed by atoms with Gasteiger partial charge in [-0.1, -0.05) is 33.6 Å². The Morgan fingerprint density at radius 1 is 1.20 bits per heavy atom. The number of aromatic amines is 1. The van der Waals surface area contributed by atoms with E-state index in [0.29, 0.717) is 29.7 Å². The Hall–Kier alpha value is -3.64. The van der Waals surface area contributed by atoms with Crippen LogP contribution in [0.3, 0.4) is 0 Å². The van der Waals surface area contributed by atoms with E-state index in [1.807, 2.05) is 27.7 Å². The van der Waals surface area contributed by atoms with Crippen LogP contribution in [0.25, 0.3) is 11.0 Å². The lowest BCUT2D eigenvalue weighted by molar-refractivity contribution is -0.153. The van der Waals surface area contributed by atoms with Crippen LogP contribution in [-0.4, -0.2) is 70.2 Å². The van der Waals surface area contributed by atoms with Crippen molar-refractivity contribution in [1.82, 2.24) is 20.2 Å². The molecule has 2 aromatic rings. The van der Waals surface area contributed by atoms with E-state index in [-0.39, 0.29) is 47.3 Å². The van der Waals surface area contributed by atoms with Gasteiger partial charge in [-0.25, -0.2) is 9.78 Å². The molecular formula is C31H41F3N4O6. The zero-order chi connectivity index (χ0) is 32.2. The summed E-state index contributed by atoms with van der Waals surface area (Å²) in [7, 11) is 0. The molecule has 4 atom stereocenters. The normalized spacial score (nSPS) is 23.2. The Bertz CT molecular complexity index is 1430. The number of nitrogens with zero attached hydrogens (tertiary/aromatic N) is 2. The highest BCUT2D eigenvalue weighted by atomic mass is 19.4. The number of nitrogens with one attached hydrogen (secondary N) is 2. The van der Waals surface area contributed by atoms with Crippen molar-refractivity contribution in [2.24, 2.45) is 17.8 Å². The Labute approximate surface area is 254 Å². The zero-order valence-electron chi connectivity index (χ0n) is 25.6. The molecule has 1 aliphatic heterocycles. The topological polar surface area (TPSA) is 131 Å². The van der Waals surface area contributed by atoms with E-state index in [9.17, 15) is 32.3 Å². The quantitative estimate of drug-likeness (QED) is 0.303. The number of aromatic nitrogens is 2. The minimum atomic E-state index is -4.46. The number of halogens is 3. The third kappa shape index (κ3) is 8.50. The van der Waals surface area contributed by atoms with Crippen molar-refractivity contribution >= 4 is 28.8 Å². The second-order valence-electron chi connectivity index (χ2n) is 12.5. The summed E-state index contributed by atoms with van der Waals surface area (Å²) in [6, 6.07) is 3.77. The van der Waals surface area contributed by atoms with Gasteiger partial charge in [0.25, 0.3) is 5.56 Å². The molecule has 2 aliphatic rings. The van der Waals surface area contributed by atoms with Crippen molar-refractivity contribution in [1.29, 1.82) is 0 Å². The third-order valence-corrected chi connectivity index (χ3v) is 8.55. The summed E-state index contributed by atoms with van der Waals surface area (Å²) in [5, 5.41) is 2.55. The maximum absolute atomic E-state index is 12.8. The van der Waals surface area contributed by atoms with Crippen molar-refractivity contribution in [3.8, 4) is 5.75 Å². The molecule has 2 fully saturated rings. The average Bonchev–Trinajstić information content (AvgIpc) is 3.41. The fourth-order valence-electron chi connectivity index (χ4n) is 5.85. The van der Waals surface area contributed by atoms with Crippen LogP contribution >= 0.6 is 0 Å². The lowest BCUT2D eigenvalue weighted by Crippen LogP contribution is -2.48. The minimum absolute atomic E-state index is 0.00766. The van der Waals surface area contributed by atoms with E-state index in [4.69, 9.17) is 9.47 Å². The molecule has 10 nitrogen and oxygen atoms in total. The van der Waals surface area contributed by atoms with Crippen LogP contribution in [0.1, 0.15) is 71.9 Å². The number of aryl methyl sites for hydroxylation is 1. The Morgan fingerprint density at radius 2 is 1.95 bits per heavy atom. The summed E-state index contributed by atoms with van der Waals surface area (Å²) in [6.45, 7) is 6.34. The van der Waals surface area contributed by atoms with Crippen LogP contribution in [-0.2, 0) is 20.7 Å². The van der Waals surface area contributed by atoms with E-state index in [1.54, 1.807) is 4.90 Å². The van der Waals surface area contributed by atoms with E-state index in [1.165, 1.54) is 18.2 Å². The van der Waals surface area contributed by atoms with Gasteiger partial charge in [-0.15, -0.1) is 0 Å². The highest BCUT2D eigenvalue weighted by molar-refractivity contribution is 5.92. The standard InChI is InChI=1S/C31H41F3N4O6/c1-18(2)27(40)26-19(3)12-13-38(26)25(39)16-35-29(42)44-30(4)15-20(30)8-6-5-7-9-23-28(41)37-24-14-21(10-11-22(24)36-23)43-17-31(32,33)34/h10-11,14,18-20,26H,5-9,12-13,15-17H2,1-4H3,(H,35,42)(H,37,41)/t19?,20-,26+,30?/m1/s1. The number of ketones is 1. The van der Waals surface area contributed by atoms with E-state index in [2.05, 4.69) is 15.3 Å². The molecule has 242 valence electrons. The number of hydrogen-bond acceptors (Lipinski definition) is 7. The molecule has 0 bridgehead atoms. The number of alkyl carbamates (subject to hydrolysis) is 1. The summed E-state index contributed by atoms with van der Waals surface area (Å²) in [6.07, 6.45) is 0.0841. The second kappa shape index (κ2) is 13.6. The van der Waals surface area contributed by atoms with Crippen molar-refractivity contribution in [2.45, 2.75) is 90.5 Å². The molecule has 1 aromatic heterocycles. The van der Waals surface area contributed by atoms with Crippen molar-refractivity contribution in [2.75, 3.05) is 19.7 Å². The third-order valence-electron chi connectivity index (χ3n) is 8.55. The molecule has 13 heteroatoms. The Balaban J connectivity index is 1.15. The molecule has 0 spiro atoms. The molecular weight excluding hydrogens is 581 g/mol. The van der Waals surface area contributed by atoms with Gasteiger partial charge in [-0.05, 0) is 57.1 Å². The van der Waals surface area contributed by atoms with E-state index in [0.717, 1.165) is 38.5 Å². The first kappa shape index (κ1) is 33.3. The van der Waals surface area contributed by atoms with Gasteiger partial charge in [0.2, 0.25) is 5.91 Å². The number of H-pyrrole nitrogens is 1. The van der Waals surface area contributed by atoms with Crippen molar-refractivity contribution in [3.05, 3.63) is 34.2 Å². The fourth-order valence-corrected chi connectivity index (χ4v) is 5.85. The van der Waals surface area contributed by atoms with Gasteiger partial charge in [0.1, 0.15) is 23.6 Å². The lowest BCUT2D eigenvalue weighted by atomic mass is 9.92. The molecule has 2 amide bonds. The van der Waals surface area contributed by atoms with Crippen LogP contribution < -0.4 is 15.6 Å². The largest absolute Gasteiger partial charge is 0.484 e. The number of alkyl halides is 3. The van der Waals surface area contributed by atoms with Gasteiger partial charge >= 0.3 is 12.3 Å². The van der Waals surface area contributed by atoms with Gasteiger partial charge < -0.3 is 24.7 Å². The molecule has 4 rings (SSSR count). The number of amides is 2. The Morgan fingerprint density at radius 3 is 2.66 bits per heavy atom. The van der Waals surface area contributed by atoms with Gasteiger partial charge in [-0.2, -0.15) is 13.2 Å². The van der Waals surface area contributed by atoms with E-state index < -0.39 is 30.5 Å². The predicted molar refractivity (Wildman–Crippen MR) is 156 cm³/mol.